The number of likely N-dealkylation sites (N-methyl/N-ethyl adjacent to an activating group) is 1. The highest BCUT2D eigenvalue weighted by atomic mass is 32.2. The lowest BCUT2D eigenvalue weighted by molar-refractivity contribution is 0.223. The molecule has 0 aliphatic rings. The maximum atomic E-state index is 13.9. The molecule has 0 radical (unpaired) electrons. The standard InChI is InChI=1S/C25H28N2O3S/c1-4-26(5-2)17-18-30-25-19(3)27(23-15-9-8-14-22(23)25)31(28,29)24-16-10-12-20-11-6-7-13-21(20)24/h6-16H,4-5,17-18H2,1-3H3. The molecule has 1 heterocycles. The molecule has 0 fully saturated rings. The number of benzene rings is 3. The number of hydrogen-bond acceptors (Lipinski definition) is 4. The summed E-state index contributed by atoms with van der Waals surface area (Å²) >= 11 is 0. The molecule has 0 saturated heterocycles. The zero-order valence-corrected chi connectivity index (χ0v) is 19.0. The molecule has 5 nitrogen and oxygen atoms in total. The monoisotopic (exact) mass is 436 g/mol. The van der Waals surface area contributed by atoms with Gasteiger partial charge in [-0.2, -0.15) is 0 Å². The first-order chi connectivity index (χ1) is 15.0. The zero-order valence-electron chi connectivity index (χ0n) is 18.2. The predicted octanol–water partition coefficient (Wildman–Crippen LogP) is 5.06. The smallest absolute Gasteiger partial charge is 0.269 e. The van der Waals surface area contributed by atoms with Gasteiger partial charge in [-0.05, 0) is 43.6 Å². The quantitative estimate of drug-likeness (QED) is 0.387. The molecule has 3 aromatic carbocycles. The van der Waals surface area contributed by atoms with Gasteiger partial charge in [0.1, 0.15) is 12.4 Å². The summed E-state index contributed by atoms with van der Waals surface area (Å²) in [5.41, 5.74) is 1.22. The fourth-order valence-electron chi connectivity index (χ4n) is 4.14. The Kier molecular flexibility index (Phi) is 6.03. The van der Waals surface area contributed by atoms with Gasteiger partial charge in [-0.3, -0.25) is 0 Å². The van der Waals surface area contributed by atoms with Crippen molar-refractivity contribution in [2.24, 2.45) is 0 Å². The minimum atomic E-state index is -3.83. The average Bonchev–Trinajstić information content (AvgIpc) is 3.08. The van der Waals surface area contributed by atoms with Crippen LogP contribution in [0.25, 0.3) is 21.7 Å². The Balaban J connectivity index is 1.83. The maximum absolute atomic E-state index is 13.9. The second-order valence-electron chi connectivity index (χ2n) is 7.55. The molecule has 0 aliphatic heterocycles. The van der Waals surface area contributed by atoms with E-state index >= 15 is 0 Å². The Morgan fingerprint density at radius 2 is 1.52 bits per heavy atom. The molecule has 0 aliphatic carbocycles. The minimum Gasteiger partial charge on any atom is -0.490 e. The molecular weight excluding hydrogens is 408 g/mol. The molecule has 0 unspecified atom stereocenters. The Morgan fingerprint density at radius 1 is 0.871 bits per heavy atom. The van der Waals surface area contributed by atoms with E-state index in [1.54, 1.807) is 12.1 Å². The number of aromatic nitrogens is 1. The summed E-state index contributed by atoms with van der Waals surface area (Å²) in [7, 11) is -3.83. The van der Waals surface area contributed by atoms with Crippen LogP contribution in [-0.2, 0) is 10.0 Å². The van der Waals surface area contributed by atoms with Gasteiger partial charge in [0.05, 0.1) is 16.1 Å². The highest BCUT2D eigenvalue weighted by molar-refractivity contribution is 7.90. The lowest BCUT2D eigenvalue weighted by Gasteiger charge is -2.18. The van der Waals surface area contributed by atoms with Crippen molar-refractivity contribution >= 4 is 31.7 Å². The van der Waals surface area contributed by atoms with E-state index in [4.69, 9.17) is 4.74 Å². The summed E-state index contributed by atoms with van der Waals surface area (Å²) in [5, 5.41) is 2.42. The highest BCUT2D eigenvalue weighted by Crippen LogP contribution is 2.36. The summed E-state index contributed by atoms with van der Waals surface area (Å²) in [6.07, 6.45) is 0. The van der Waals surface area contributed by atoms with E-state index in [1.165, 1.54) is 3.97 Å². The van der Waals surface area contributed by atoms with Gasteiger partial charge >= 0.3 is 0 Å². The van der Waals surface area contributed by atoms with E-state index in [-0.39, 0.29) is 0 Å². The van der Waals surface area contributed by atoms with Crippen LogP contribution in [0.5, 0.6) is 5.75 Å². The summed E-state index contributed by atoms with van der Waals surface area (Å²) < 4.78 is 35.3. The third-order valence-electron chi connectivity index (χ3n) is 5.82. The van der Waals surface area contributed by atoms with Crippen LogP contribution >= 0.6 is 0 Å². The SMILES string of the molecule is CCN(CC)CCOc1c(C)n(S(=O)(=O)c2cccc3ccccc23)c2ccccc12. The number of rotatable bonds is 8. The molecule has 6 heteroatoms. The van der Waals surface area contributed by atoms with E-state index in [1.807, 2.05) is 61.5 Å². The Labute approximate surface area is 183 Å². The van der Waals surface area contributed by atoms with Crippen LogP contribution in [-0.4, -0.2) is 43.5 Å². The van der Waals surface area contributed by atoms with Crippen molar-refractivity contribution < 1.29 is 13.2 Å². The molecule has 0 amide bonds. The van der Waals surface area contributed by atoms with Crippen LogP contribution in [0.4, 0.5) is 0 Å². The molecule has 0 spiro atoms. The van der Waals surface area contributed by atoms with Crippen LogP contribution in [0.2, 0.25) is 0 Å². The van der Waals surface area contributed by atoms with E-state index < -0.39 is 10.0 Å². The fourth-order valence-corrected chi connectivity index (χ4v) is 5.91. The molecule has 0 bridgehead atoms. The van der Waals surface area contributed by atoms with Gasteiger partial charge in [0.2, 0.25) is 0 Å². The topological polar surface area (TPSA) is 51.5 Å². The largest absolute Gasteiger partial charge is 0.490 e. The molecule has 4 aromatic rings. The van der Waals surface area contributed by atoms with Gasteiger partial charge in [-0.1, -0.05) is 62.4 Å². The number of fused-ring (bicyclic) bond motifs is 2. The molecule has 0 saturated carbocycles. The summed E-state index contributed by atoms with van der Waals surface area (Å²) in [5.74, 6) is 0.631. The van der Waals surface area contributed by atoms with Crippen LogP contribution in [0.1, 0.15) is 19.5 Å². The number of ether oxygens (including phenoxy) is 1. The predicted molar refractivity (Wildman–Crippen MR) is 126 cm³/mol. The van der Waals surface area contributed by atoms with E-state index in [0.29, 0.717) is 33.8 Å². The molecular formula is C25H28N2O3S. The van der Waals surface area contributed by atoms with Crippen molar-refractivity contribution in [1.29, 1.82) is 0 Å². The normalized spacial score (nSPS) is 12.1. The van der Waals surface area contributed by atoms with E-state index in [2.05, 4.69) is 18.7 Å². The number of hydrogen-bond donors (Lipinski definition) is 0. The Morgan fingerprint density at radius 3 is 2.26 bits per heavy atom. The van der Waals surface area contributed by atoms with Crippen molar-refractivity contribution in [3.8, 4) is 5.75 Å². The minimum absolute atomic E-state index is 0.296. The van der Waals surface area contributed by atoms with Gasteiger partial charge in [0, 0.05) is 17.3 Å². The fraction of sp³-hybridized carbons (Fsp3) is 0.280. The van der Waals surface area contributed by atoms with Crippen LogP contribution < -0.4 is 4.74 Å². The van der Waals surface area contributed by atoms with Crippen molar-refractivity contribution in [3.63, 3.8) is 0 Å². The summed E-state index contributed by atoms with van der Waals surface area (Å²) in [4.78, 5) is 2.57. The number of para-hydroxylation sites is 1. The lowest BCUT2D eigenvalue weighted by Crippen LogP contribution is -2.28. The van der Waals surface area contributed by atoms with Crippen molar-refractivity contribution in [1.82, 2.24) is 8.87 Å². The summed E-state index contributed by atoms with van der Waals surface area (Å²) in [6, 6.07) is 20.5. The van der Waals surface area contributed by atoms with Crippen LogP contribution in [0.15, 0.2) is 71.6 Å². The Hall–Kier alpha value is -2.83. The zero-order chi connectivity index (χ0) is 22.0. The van der Waals surface area contributed by atoms with Gasteiger partial charge in [-0.15, -0.1) is 0 Å². The lowest BCUT2D eigenvalue weighted by atomic mass is 10.1. The molecule has 31 heavy (non-hydrogen) atoms. The van der Waals surface area contributed by atoms with Crippen molar-refractivity contribution in [3.05, 3.63) is 72.4 Å². The first kappa shape index (κ1) is 21.4. The third kappa shape index (κ3) is 3.82. The number of nitrogens with zero attached hydrogens (tertiary/aromatic N) is 2. The van der Waals surface area contributed by atoms with Gasteiger partial charge in [-0.25, -0.2) is 12.4 Å². The maximum Gasteiger partial charge on any atom is 0.269 e. The Bertz CT molecular complexity index is 1320. The van der Waals surface area contributed by atoms with E-state index in [0.717, 1.165) is 30.4 Å². The van der Waals surface area contributed by atoms with Gasteiger partial charge in [0.25, 0.3) is 10.0 Å². The van der Waals surface area contributed by atoms with Gasteiger partial charge < -0.3 is 9.64 Å². The highest BCUT2D eigenvalue weighted by Gasteiger charge is 2.27. The molecule has 0 atom stereocenters. The second-order valence-corrected chi connectivity index (χ2v) is 9.31. The first-order valence-corrected chi connectivity index (χ1v) is 12.1. The average molecular weight is 437 g/mol. The third-order valence-corrected chi connectivity index (χ3v) is 7.68. The van der Waals surface area contributed by atoms with Gasteiger partial charge in [0.15, 0.2) is 0 Å². The molecule has 1 aromatic heterocycles. The second kappa shape index (κ2) is 8.73. The first-order valence-electron chi connectivity index (χ1n) is 10.7. The molecule has 0 N–H and O–H groups in total. The molecule has 4 rings (SSSR count). The summed E-state index contributed by atoms with van der Waals surface area (Å²) in [6.45, 7) is 9.27. The van der Waals surface area contributed by atoms with Crippen LogP contribution in [0.3, 0.4) is 0 Å². The van der Waals surface area contributed by atoms with Crippen LogP contribution in [0, 0.1) is 6.92 Å². The van der Waals surface area contributed by atoms with E-state index in [9.17, 15) is 8.42 Å². The van der Waals surface area contributed by atoms with Crippen molar-refractivity contribution in [2.75, 3.05) is 26.2 Å². The van der Waals surface area contributed by atoms with Crippen molar-refractivity contribution in [2.45, 2.75) is 25.7 Å². The molecule has 162 valence electrons.